The molecule has 0 amide bonds. The molecule has 0 radical (unpaired) electrons. The first-order valence-corrected chi connectivity index (χ1v) is 5.01. The molecule has 13 heavy (non-hydrogen) atoms. The van der Waals surface area contributed by atoms with Gasteiger partial charge >= 0.3 is 0 Å². The normalized spacial score (nSPS) is 15.2. The monoisotopic (exact) mass is 177 g/mol. The zero-order valence-corrected chi connectivity index (χ0v) is 8.05. The minimum absolute atomic E-state index is 0.746. The van der Waals surface area contributed by atoms with Gasteiger partial charge in [-0.05, 0) is 38.7 Å². The lowest BCUT2D eigenvalue weighted by Crippen LogP contribution is -2.07. The van der Waals surface area contributed by atoms with Gasteiger partial charge in [-0.15, -0.1) is 0 Å². The van der Waals surface area contributed by atoms with Gasteiger partial charge in [0, 0.05) is 17.5 Å². The third-order valence-corrected chi connectivity index (χ3v) is 2.49. The molecule has 1 aliphatic rings. The molecule has 2 rings (SSSR count). The first-order chi connectivity index (χ1) is 6.42. The quantitative estimate of drug-likeness (QED) is 0.691. The van der Waals surface area contributed by atoms with Gasteiger partial charge in [0.15, 0.2) is 0 Å². The van der Waals surface area contributed by atoms with E-state index in [2.05, 4.69) is 4.98 Å². The van der Waals surface area contributed by atoms with Crippen LogP contribution in [0, 0.1) is 0 Å². The number of hydrogen-bond donors (Lipinski definition) is 0. The highest BCUT2D eigenvalue weighted by molar-refractivity contribution is 5.37. The Labute approximate surface area is 78.9 Å². The maximum Gasteiger partial charge on any atom is 0.125 e. The maximum atomic E-state index is 5.56. The summed E-state index contributed by atoms with van der Waals surface area (Å²) < 4.78 is 5.56. The zero-order valence-electron chi connectivity index (χ0n) is 8.05. The van der Waals surface area contributed by atoms with Gasteiger partial charge in [0.1, 0.15) is 5.75 Å². The lowest BCUT2D eigenvalue weighted by Gasteiger charge is -2.17. The zero-order chi connectivity index (χ0) is 9.10. The molecule has 0 spiro atoms. The van der Waals surface area contributed by atoms with Crippen LogP contribution < -0.4 is 4.74 Å². The minimum Gasteiger partial charge on any atom is -0.493 e. The van der Waals surface area contributed by atoms with Gasteiger partial charge in [-0.3, -0.25) is 4.98 Å². The number of rotatable bonds is 2. The number of aromatic nitrogens is 1. The van der Waals surface area contributed by atoms with Gasteiger partial charge in [0.25, 0.3) is 0 Å². The molecule has 0 fully saturated rings. The summed E-state index contributed by atoms with van der Waals surface area (Å²) in [6.45, 7) is 2.77. The Hall–Kier alpha value is -1.05. The first-order valence-electron chi connectivity index (χ1n) is 5.01. The van der Waals surface area contributed by atoms with Crippen LogP contribution in [0.3, 0.4) is 0 Å². The smallest absolute Gasteiger partial charge is 0.125 e. The van der Waals surface area contributed by atoms with Gasteiger partial charge in [-0.1, -0.05) is 0 Å². The molecule has 2 nitrogen and oxygen atoms in total. The molecule has 70 valence electrons. The highest BCUT2D eigenvalue weighted by atomic mass is 16.5. The summed E-state index contributed by atoms with van der Waals surface area (Å²) >= 11 is 0. The van der Waals surface area contributed by atoms with Gasteiger partial charge in [0.2, 0.25) is 0 Å². The summed E-state index contributed by atoms with van der Waals surface area (Å²) in [4.78, 5) is 4.38. The lowest BCUT2D eigenvalue weighted by molar-refractivity contribution is 0.334. The molecule has 1 aromatic rings. The molecule has 0 bridgehead atoms. The fraction of sp³-hybridized carbons (Fsp3) is 0.545. The highest BCUT2D eigenvalue weighted by Crippen LogP contribution is 2.27. The summed E-state index contributed by atoms with van der Waals surface area (Å²) in [5.41, 5.74) is 2.59. The number of ether oxygens (including phenoxy) is 1. The molecule has 0 aliphatic heterocycles. The van der Waals surface area contributed by atoms with Crippen LogP contribution in [-0.2, 0) is 12.8 Å². The topological polar surface area (TPSA) is 22.1 Å². The predicted octanol–water partition coefficient (Wildman–Crippen LogP) is 2.36. The van der Waals surface area contributed by atoms with Crippen LogP contribution in [0.2, 0.25) is 0 Å². The number of pyridine rings is 1. The van der Waals surface area contributed by atoms with Crippen molar-refractivity contribution in [2.24, 2.45) is 0 Å². The molecule has 1 aliphatic carbocycles. The second kappa shape index (κ2) is 3.77. The molecule has 0 N–H and O–H groups in total. The van der Waals surface area contributed by atoms with Crippen molar-refractivity contribution in [2.75, 3.05) is 6.61 Å². The molecule has 1 heterocycles. The first kappa shape index (κ1) is 8.54. The highest BCUT2D eigenvalue weighted by Gasteiger charge is 2.14. The Morgan fingerprint density at radius 3 is 3.08 bits per heavy atom. The lowest BCUT2D eigenvalue weighted by atomic mass is 9.95. The van der Waals surface area contributed by atoms with Crippen LogP contribution in [0.1, 0.15) is 31.0 Å². The number of fused-ring (bicyclic) bond motifs is 1. The van der Waals surface area contributed by atoms with E-state index < -0.39 is 0 Å². The van der Waals surface area contributed by atoms with E-state index in [1.165, 1.54) is 24.1 Å². The van der Waals surface area contributed by atoms with Crippen LogP contribution >= 0.6 is 0 Å². The molecule has 0 saturated heterocycles. The Morgan fingerprint density at radius 1 is 1.38 bits per heavy atom. The Morgan fingerprint density at radius 2 is 2.23 bits per heavy atom. The number of aryl methyl sites for hydroxylation is 1. The molecule has 0 unspecified atom stereocenters. The molecular formula is C11H15NO. The Bertz CT molecular complexity index is 296. The summed E-state index contributed by atoms with van der Waals surface area (Å²) in [7, 11) is 0. The van der Waals surface area contributed by atoms with E-state index in [0.29, 0.717) is 0 Å². The average Bonchev–Trinajstić information content (AvgIpc) is 2.19. The van der Waals surface area contributed by atoms with Crippen LogP contribution in [0.15, 0.2) is 12.3 Å². The Balaban J connectivity index is 2.34. The van der Waals surface area contributed by atoms with Crippen LogP contribution in [0.25, 0.3) is 0 Å². The third-order valence-electron chi connectivity index (χ3n) is 2.49. The second-order valence-corrected chi connectivity index (χ2v) is 3.37. The molecule has 0 saturated carbocycles. The number of nitrogens with zero attached hydrogens (tertiary/aromatic N) is 1. The standard InChI is InChI=1S/C11H15NO/c1-2-13-11-7-8-12-10-6-4-3-5-9(10)11/h7-8H,2-6H2,1H3. The van der Waals surface area contributed by atoms with E-state index in [9.17, 15) is 0 Å². The second-order valence-electron chi connectivity index (χ2n) is 3.37. The van der Waals surface area contributed by atoms with E-state index in [4.69, 9.17) is 4.74 Å². The molecule has 0 atom stereocenters. The van der Waals surface area contributed by atoms with Gasteiger partial charge in [0.05, 0.1) is 6.61 Å². The van der Waals surface area contributed by atoms with E-state index >= 15 is 0 Å². The van der Waals surface area contributed by atoms with Crippen LogP contribution in [0.4, 0.5) is 0 Å². The maximum absolute atomic E-state index is 5.56. The summed E-state index contributed by atoms with van der Waals surface area (Å²) in [5.74, 6) is 1.05. The van der Waals surface area contributed by atoms with Gasteiger partial charge in [-0.25, -0.2) is 0 Å². The van der Waals surface area contributed by atoms with Gasteiger partial charge < -0.3 is 4.74 Å². The molecule has 0 aromatic carbocycles. The Kier molecular flexibility index (Phi) is 2.48. The predicted molar refractivity (Wildman–Crippen MR) is 52.0 cm³/mol. The van der Waals surface area contributed by atoms with Gasteiger partial charge in [-0.2, -0.15) is 0 Å². The van der Waals surface area contributed by atoms with Crippen molar-refractivity contribution in [3.8, 4) is 5.75 Å². The van der Waals surface area contributed by atoms with Crippen molar-refractivity contribution >= 4 is 0 Å². The molecule has 1 aromatic heterocycles. The van der Waals surface area contributed by atoms with E-state index in [0.717, 1.165) is 25.2 Å². The van der Waals surface area contributed by atoms with Crippen LogP contribution in [-0.4, -0.2) is 11.6 Å². The van der Waals surface area contributed by atoms with Crippen molar-refractivity contribution in [1.82, 2.24) is 4.98 Å². The molecule has 2 heteroatoms. The van der Waals surface area contributed by atoms with E-state index in [1.807, 2.05) is 19.2 Å². The fourth-order valence-electron chi connectivity index (χ4n) is 1.88. The largest absolute Gasteiger partial charge is 0.493 e. The fourth-order valence-corrected chi connectivity index (χ4v) is 1.88. The van der Waals surface area contributed by atoms with Crippen molar-refractivity contribution in [2.45, 2.75) is 32.6 Å². The van der Waals surface area contributed by atoms with E-state index in [-0.39, 0.29) is 0 Å². The SMILES string of the molecule is CCOc1ccnc2c1CCCC2. The van der Waals surface area contributed by atoms with Crippen molar-refractivity contribution < 1.29 is 4.74 Å². The van der Waals surface area contributed by atoms with Crippen LogP contribution in [0.5, 0.6) is 5.75 Å². The van der Waals surface area contributed by atoms with Crippen molar-refractivity contribution in [1.29, 1.82) is 0 Å². The third kappa shape index (κ3) is 1.67. The average molecular weight is 177 g/mol. The van der Waals surface area contributed by atoms with Crippen molar-refractivity contribution in [3.05, 3.63) is 23.5 Å². The van der Waals surface area contributed by atoms with E-state index in [1.54, 1.807) is 0 Å². The summed E-state index contributed by atoms with van der Waals surface area (Å²) in [5, 5.41) is 0. The minimum atomic E-state index is 0.746. The molecular weight excluding hydrogens is 162 g/mol. The number of hydrogen-bond acceptors (Lipinski definition) is 2. The van der Waals surface area contributed by atoms with Crippen molar-refractivity contribution in [3.63, 3.8) is 0 Å². The summed E-state index contributed by atoms with van der Waals surface area (Å²) in [6, 6.07) is 1.98. The summed E-state index contributed by atoms with van der Waals surface area (Å²) in [6.07, 6.45) is 6.66.